The smallest absolute Gasteiger partial charge is 0.244 e. The lowest BCUT2D eigenvalue weighted by molar-refractivity contribution is -0.116. The van der Waals surface area contributed by atoms with Crippen LogP contribution >= 0.6 is 0 Å². The van der Waals surface area contributed by atoms with E-state index in [2.05, 4.69) is 12.2 Å². The molecule has 3 rings (SSSR count). The molecule has 0 aliphatic rings. The summed E-state index contributed by atoms with van der Waals surface area (Å²) < 4.78 is 2.03. The number of nitrogens with one attached hydrogen (secondary N) is 1. The van der Waals surface area contributed by atoms with Crippen LogP contribution in [-0.4, -0.2) is 15.5 Å². The van der Waals surface area contributed by atoms with Crippen LogP contribution in [0.15, 0.2) is 54.6 Å². The second-order valence-corrected chi connectivity index (χ2v) is 5.62. The van der Waals surface area contributed by atoms with Crippen molar-refractivity contribution in [1.82, 2.24) is 9.55 Å². The SMILES string of the molecule is CCCCc1nc2ccccc2n1CC(=O)Nc1ccccc1. The first kappa shape index (κ1) is 15.3. The Balaban J connectivity index is 1.84. The molecule has 0 spiro atoms. The number of imidazole rings is 1. The highest BCUT2D eigenvalue weighted by Gasteiger charge is 2.13. The molecule has 0 saturated carbocycles. The van der Waals surface area contributed by atoms with Crippen molar-refractivity contribution in [3.05, 3.63) is 60.4 Å². The molecule has 0 radical (unpaired) electrons. The first-order chi connectivity index (χ1) is 11.3. The van der Waals surface area contributed by atoms with Crippen LogP contribution in [0.2, 0.25) is 0 Å². The highest BCUT2D eigenvalue weighted by atomic mass is 16.1. The third-order valence-electron chi connectivity index (χ3n) is 3.85. The molecule has 1 heterocycles. The molecule has 2 aromatic carbocycles. The molecule has 0 saturated heterocycles. The van der Waals surface area contributed by atoms with E-state index < -0.39 is 0 Å². The molecule has 1 N–H and O–H groups in total. The van der Waals surface area contributed by atoms with Gasteiger partial charge in [0.25, 0.3) is 0 Å². The van der Waals surface area contributed by atoms with Crippen LogP contribution in [0.1, 0.15) is 25.6 Å². The Morgan fingerprint density at radius 3 is 2.61 bits per heavy atom. The van der Waals surface area contributed by atoms with E-state index in [-0.39, 0.29) is 12.5 Å². The topological polar surface area (TPSA) is 46.9 Å². The lowest BCUT2D eigenvalue weighted by Crippen LogP contribution is -2.20. The van der Waals surface area contributed by atoms with Gasteiger partial charge in [-0.15, -0.1) is 0 Å². The van der Waals surface area contributed by atoms with Gasteiger partial charge in [-0.1, -0.05) is 43.7 Å². The number of amides is 1. The van der Waals surface area contributed by atoms with E-state index in [0.29, 0.717) is 0 Å². The van der Waals surface area contributed by atoms with Crippen LogP contribution < -0.4 is 5.32 Å². The summed E-state index contributed by atoms with van der Waals surface area (Å²) in [5.41, 5.74) is 2.78. The highest BCUT2D eigenvalue weighted by molar-refractivity contribution is 5.91. The van der Waals surface area contributed by atoms with Crippen LogP contribution in [0.4, 0.5) is 5.69 Å². The predicted molar refractivity (Wildman–Crippen MR) is 93.4 cm³/mol. The van der Waals surface area contributed by atoms with Gasteiger partial charge in [-0.25, -0.2) is 4.98 Å². The number of aromatic nitrogens is 2. The van der Waals surface area contributed by atoms with Crippen molar-refractivity contribution in [2.45, 2.75) is 32.7 Å². The molecule has 0 fully saturated rings. The van der Waals surface area contributed by atoms with Gasteiger partial charge in [-0.2, -0.15) is 0 Å². The number of hydrogen-bond acceptors (Lipinski definition) is 2. The first-order valence-corrected chi connectivity index (χ1v) is 8.07. The molecule has 0 unspecified atom stereocenters. The van der Waals surface area contributed by atoms with Gasteiger partial charge in [0, 0.05) is 12.1 Å². The fourth-order valence-corrected chi connectivity index (χ4v) is 2.69. The first-order valence-electron chi connectivity index (χ1n) is 8.07. The van der Waals surface area contributed by atoms with Gasteiger partial charge in [0.05, 0.1) is 11.0 Å². The van der Waals surface area contributed by atoms with Crippen molar-refractivity contribution >= 4 is 22.6 Å². The molecule has 0 aliphatic carbocycles. The second kappa shape index (κ2) is 7.09. The Morgan fingerprint density at radius 1 is 1.09 bits per heavy atom. The zero-order valence-corrected chi connectivity index (χ0v) is 13.3. The van der Waals surface area contributed by atoms with Crippen LogP contribution in [0.3, 0.4) is 0 Å². The summed E-state index contributed by atoms with van der Waals surface area (Å²) in [7, 11) is 0. The maximum atomic E-state index is 12.4. The molecular formula is C19H21N3O. The molecule has 0 aliphatic heterocycles. The maximum Gasteiger partial charge on any atom is 0.244 e. The summed E-state index contributed by atoms with van der Waals surface area (Å²) in [6.45, 7) is 2.45. The average molecular weight is 307 g/mol. The van der Waals surface area contributed by atoms with Crippen LogP contribution in [0.5, 0.6) is 0 Å². The summed E-state index contributed by atoms with van der Waals surface area (Å²) in [5, 5.41) is 2.94. The van der Waals surface area contributed by atoms with Crippen LogP contribution in [0, 0.1) is 0 Å². The summed E-state index contributed by atoms with van der Waals surface area (Å²) in [6.07, 6.45) is 3.08. The quantitative estimate of drug-likeness (QED) is 0.747. The normalized spacial score (nSPS) is 10.8. The summed E-state index contributed by atoms with van der Waals surface area (Å²) in [4.78, 5) is 17.1. The molecule has 3 aromatic rings. The Labute approximate surface area is 136 Å². The van der Waals surface area contributed by atoms with Crippen LogP contribution in [0.25, 0.3) is 11.0 Å². The number of aryl methyl sites for hydroxylation is 1. The van der Waals surface area contributed by atoms with Gasteiger partial charge in [0.2, 0.25) is 5.91 Å². The third-order valence-corrected chi connectivity index (χ3v) is 3.85. The fourth-order valence-electron chi connectivity index (χ4n) is 2.69. The minimum atomic E-state index is -0.0305. The van der Waals surface area contributed by atoms with Gasteiger partial charge < -0.3 is 9.88 Å². The molecule has 4 heteroatoms. The van der Waals surface area contributed by atoms with Crippen LogP contribution in [-0.2, 0) is 17.8 Å². The van der Waals surface area contributed by atoms with E-state index >= 15 is 0 Å². The molecular weight excluding hydrogens is 286 g/mol. The van der Waals surface area contributed by atoms with E-state index in [9.17, 15) is 4.79 Å². The molecule has 0 atom stereocenters. The van der Waals surface area contributed by atoms with E-state index in [1.54, 1.807) is 0 Å². The number of para-hydroxylation sites is 3. The van der Waals surface area contributed by atoms with Crippen molar-refractivity contribution in [3.63, 3.8) is 0 Å². The Kier molecular flexibility index (Phi) is 4.71. The number of carbonyl (C=O) groups is 1. The Morgan fingerprint density at radius 2 is 1.83 bits per heavy atom. The van der Waals surface area contributed by atoms with E-state index in [1.165, 1.54) is 0 Å². The lowest BCUT2D eigenvalue weighted by Gasteiger charge is -2.10. The van der Waals surface area contributed by atoms with Gasteiger partial charge in [-0.3, -0.25) is 4.79 Å². The summed E-state index contributed by atoms with van der Waals surface area (Å²) in [6, 6.07) is 17.5. The molecule has 118 valence electrons. The van der Waals surface area contributed by atoms with Gasteiger partial charge in [0.15, 0.2) is 0 Å². The van der Waals surface area contributed by atoms with Gasteiger partial charge in [-0.05, 0) is 30.7 Å². The fraction of sp³-hybridized carbons (Fsp3) is 0.263. The number of nitrogens with zero attached hydrogens (tertiary/aromatic N) is 2. The lowest BCUT2D eigenvalue weighted by atomic mass is 10.2. The van der Waals surface area contributed by atoms with Crippen molar-refractivity contribution in [2.24, 2.45) is 0 Å². The largest absolute Gasteiger partial charge is 0.325 e. The summed E-state index contributed by atoms with van der Waals surface area (Å²) >= 11 is 0. The third kappa shape index (κ3) is 3.59. The molecule has 4 nitrogen and oxygen atoms in total. The number of anilines is 1. The molecule has 23 heavy (non-hydrogen) atoms. The predicted octanol–water partition coefficient (Wildman–Crippen LogP) is 4.02. The minimum Gasteiger partial charge on any atom is -0.325 e. The number of carbonyl (C=O) groups excluding carboxylic acids is 1. The highest BCUT2D eigenvalue weighted by Crippen LogP contribution is 2.18. The Bertz CT molecular complexity index is 793. The van der Waals surface area contributed by atoms with Gasteiger partial charge >= 0.3 is 0 Å². The number of hydrogen-bond donors (Lipinski definition) is 1. The van der Waals surface area contributed by atoms with Crippen molar-refractivity contribution in [2.75, 3.05) is 5.32 Å². The van der Waals surface area contributed by atoms with Crippen molar-refractivity contribution < 1.29 is 4.79 Å². The molecule has 1 amide bonds. The number of benzene rings is 2. The van der Waals surface area contributed by atoms with Crippen molar-refractivity contribution in [1.29, 1.82) is 0 Å². The number of rotatable bonds is 6. The molecule has 0 bridgehead atoms. The monoisotopic (exact) mass is 307 g/mol. The van der Waals surface area contributed by atoms with E-state index in [1.807, 2.05) is 59.2 Å². The van der Waals surface area contributed by atoms with Crippen molar-refractivity contribution in [3.8, 4) is 0 Å². The zero-order valence-electron chi connectivity index (χ0n) is 13.3. The Hall–Kier alpha value is -2.62. The minimum absolute atomic E-state index is 0.0305. The van der Waals surface area contributed by atoms with Gasteiger partial charge in [0.1, 0.15) is 12.4 Å². The summed E-state index contributed by atoms with van der Waals surface area (Å²) in [5.74, 6) is 0.952. The number of fused-ring (bicyclic) bond motifs is 1. The molecule has 1 aromatic heterocycles. The van der Waals surface area contributed by atoms with E-state index in [4.69, 9.17) is 4.98 Å². The second-order valence-electron chi connectivity index (χ2n) is 5.62. The maximum absolute atomic E-state index is 12.4. The standard InChI is InChI=1S/C19H21N3O/c1-2-3-13-18-21-16-11-7-8-12-17(16)22(18)14-19(23)20-15-9-5-4-6-10-15/h4-12H,2-3,13-14H2,1H3,(H,20,23). The van der Waals surface area contributed by atoms with E-state index in [0.717, 1.165) is 41.8 Å². The zero-order chi connectivity index (χ0) is 16.1. The number of unbranched alkanes of at least 4 members (excludes halogenated alkanes) is 1. The average Bonchev–Trinajstić information content (AvgIpc) is 2.91.